The van der Waals surface area contributed by atoms with Crippen molar-refractivity contribution < 1.29 is 34.4 Å². The summed E-state index contributed by atoms with van der Waals surface area (Å²) < 4.78 is 9.82. The molecule has 5 atom stereocenters. The van der Waals surface area contributed by atoms with Gasteiger partial charge in [-0.25, -0.2) is 0 Å². The summed E-state index contributed by atoms with van der Waals surface area (Å²) >= 11 is 0. The van der Waals surface area contributed by atoms with Crippen molar-refractivity contribution in [2.45, 2.75) is 37.6 Å². The molecule has 3 unspecified atom stereocenters. The third-order valence-electron chi connectivity index (χ3n) is 3.50. The second-order valence-electron chi connectivity index (χ2n) is 5.21. The molecule has 1 fully saturated rings. The molecule has 0 aliphatic carbocycles. The van der Waals surface area contributed by atoms with Crippen LogP contribution >= 0.6 is 0 Å². The van der Waals surface area contributed by atoms with Crippen molar-refractivity contribution in [3.05, 3.63) is 35.9 Å². The molecule has 1 aromatic rings. The van der Waals surface area contributed by atoms with Gasteiger partial charge in [-0.05, 0) is 12.1 Å². The summed E-state index contributed by atoms with van der Waals surface area (Å²) in [5.41, 5.74) is 0.337. The monoisotopic (exact) mass is 325 g/mol. The molecular weight excluding hydrogens is 306 g/mol. The molecule has 4 N–H and O–H groups in total. The number of rotatable bonds is 4. The molecule has 1 amide bonds. The van der Waals surface area contributed by atoms with Gasteiger partial charge in [-0.3, -0.25) is 9.59 Å². The van der Waals surface area contributed by atoms with Crippen molar-refractivity contribution >= 4 is 11.9 Å². The van der Waals surface area contributed by atoms with Gasteiger partial charge in [-0.2, -0.15) is 0 Å². The van der Waals surface area contributed by atoms with Crippen molar-refractivity contribution in [2.75, 3.05) is 6.61 Å². The molecule has 0 bridgehead atoms. The Kier molecular flexibility index (Phi) is 5.67. The zero-order chi connectivity index (χ0) is 17.0. The van der Waals surface area contributed by atoms with E-state index >= 15 is 0 Å². The molecule has 8 heteroatoms. The second-order valence-corrected chi connectivity index (χ2v) is 5.21. The van der Waals surface area contributed by atoms with Crippen molar-refractivity contribution in [1.82, 2.24) is 5.32 Å². The average molecular weight is 325 g/mol. The van der Waals surface area contributed by atoms with Crippen LogP contribution in [0.25, 0.3) is 0 Å². The highest BCUT2D eigenvalue weighted by Crippen LogP contribution is 2.20. The molecule has 1 saturated heterocycles. The molecule has 0 radical (unpaired) electrons. The smallest absolute Gasteiger partial charge is 0.302 e. The van der Waals surface area contributed by atoms with Crippen LogP contribution in [0, 0.1) is 0 Å². The fraction of sp³-hybridized carbons (Fsp3) is 0.467. The van der Waals surface area contributed by atoms with E-state index in [1.165, 1.54) is 6.92 Å². The number of nitrogens with one attached hydrogen (secondary N) is 1. The highest BCUT2D eigenvalue weighted by molar-refractivity contribution is 5.94. The van der Waals surface area contributed by atoms with Gasteiger partial charge in [0.05, 0.1) is 0 Å². The molecular formula is C15H19NO7. The quantitative estimate of drug-likeness (QED) is 0.512. The van der Waals surface area contributed by atoms with Crippen molar-refractivity contribution in [2.24, 2.45) is 0 Å². The van der Waals surface area contributed by atoms with Crippen molar-refractivity contribution in [1.29, 1.82) is 0 Å². The molecule has 1 aromatic carbocycles. The lowest BCUT2D eigenvalue weighted by atomic mass is 9.96. The predicted molar refractivity (Wildman–Crippen MR) is 77.2 cm³/mol. The fourth-order valence-electron chi connectivity index (χ4n) is 2.26. The van der Waals surface area contributed by atoms with E-state index in [-0.39, 0.29) is 6.61 Å². The predicted octanol–water partition coefficient (Wildman–Crippen LogP) is -1.21. The molecule has 0 saturated carbocycles. The highest BCUT2D eigenvalue weighted by atomic mass is 16.6. The van der Waals surface area contributed by atoms with Gasteiger partial charge in [-0.15, -0.1) is 0 Å². The number of hydrogen-bond acceptors (Lipinski definition) is 7. The van der Waals surface area contributed by atoms with E-state index < -0.39 is 42.5 Å². The van der Waals surface area contributed by atoms with E-state index in [1.54, 1.807) is 30.3 Å². The van der Waals surface area contributed by atoms with Gasteiger partial charge < -0.3 is 30.1 Å². The minimum Gasteiger partial charge on any atom is -0.463 e. The van der Waals surface area contributed by atoms with Crippen LogP contribution in [0.3, 0.4) is 0 Å². The number of ether oxygens (including phenoxy) is 2. The Labute approximate surface area is 132 Å². The molecule has 2 rings (SSSR count). The van der Waals surface area contributed by atoms with Crippen LogP contribution in [0.4, 0.5) is 0 Å². The third-order valence-corrected chi connectivity index (χ3v) is 3.50. The summed E-state index contributed by atoms with van der Waals surface area (Å²) in [6, 6.07) is 7.00. The van der Waals surface area contributed by atoms with E-state index in [2.05, 4.69) is 5.32 Å². The number of aliphatic hydroxyl groups is 3. The van der Waals surface area contributed by atoms with Crippen LogP contribution in [0.1, 0.15) is 17.3 Å². The Morgan fingerprint density at radius 1 is 1.17 bits per heavy atom. The number of hydrogen-bond donors (Lipinski definition) is 4. The standard InChI is InChI=1S/C15H19NO7/c1-8(17)22-7-10-12(18)13(19)11(15(21)23-10)16-14(20)9-5-3-2-4-6-9/h2-6,10-13,15,18-19,21H,7H2,1H3,(H,16,20)/t10?,11-,12?,13+,15?/m0/s1. The topological polar surface area (TPSA) is 125 Å². The van der Waals surface area contributed by atoms with Gasteiger partial charge in [0.15, 0.2) is 6.29 Å². The minimum absolute atomic E-state index is 0.316. The molecule has 1 heterocycles. The van der Waals surface area contributed by atoms with Crippen LogP contribution in [0.2, 0.25) is 0 Å². The summed E-state index contributed by atoms with van der Waals surface area (Å²) in [4.78, 5) is 22.8. The van der Waals surface area contributed by atoms with Crippen LogP contribution < -0.4 is 5.32 Å². The molecule has 126 valence electrons. The van der Waals surface area contributed by atoms with E-state index in [0.29, 0.717) is 5.56 Å². The van der Waals surface area contributed by atoms with Crippen LogP contribution in [-0.2, 0) is 14.3 Å². The van der Waals surface area contributed by atoms with Gasteiger partial charge in [0.25, 0.3) is 5.91 Å². The Balaban J connectivity index is 2.01. The van der Waals surface area contributed by atoms with E-state index in [4.69, 9.17) is 9.47 Å². The summed E-state index contributed by atoms with van der Waals surface area (Å²) in [6.45, 7) is 0.870. The van der Waals surface area contributed by atoms with E-state index in [0.717, 1.165) is 0 Å². The lowest BCUT2D eigenvalue weighted by Gasteiger charge is -2.40. The largest absolute Gasteiger partial charge is 0.463 e. The first-order chi connectivity index (χ1) is 10.9. The molecule has 23 heavy (non-hydrogen) atoms. The number of benzene rings is 1. The van der Waals surface area contributed by atoms with Crippen LogP contribution in [0.5, 0.6) is 0 Å². The number of esters is 1. The molecule has 1 aliphatic rings. The summed E-state index contributed by atoms with van der Waals surface area (Å²) in [7, 11) is 0. The van der Waals surface area contributed by atoms with E-state index in [9.17, 15) is 24.9 Å². The van der Waals surface area contributed by atoms with Gasteiger partial charge in [0.2, 0.25) is 0 Å². The van der Waals surface area contributed by atoms with Crippen LogP contribution in [0.15, 0.2) is 30.3 Å². The number of carbonyl (C=O) groups is 2. The Hall–Kier alpha value is -2.00. The first-order valence-corrected chi connectivity index (χ1v) is 7.09. The number of carbonyl (C=O) groups excluding carboxylic acids is 2. The number of aliphatic hydroxyl groups excluding tert-OH is 3. The zero-order valence-corrected chi connectivity index (χ0v) is 12.5. The van der Waals surface area contributed by atoms with Gasteiger partial charge in [0, 0.05) is 12.5 Å². The maximum Gasteiger partial charge on any atom is 0.302 e. The van der Waals surface area contributed by atoms with Gasteiger partial charge in [0.1, 0.15) is 31.0 Å². The summed E-state index contributed by atoms with van der Waals surface area (Å²) in [5.74, 6) is -1.10. The first kappa shape index (κ1) is 17.4. The Morgan fingerprint density at radius 3 is 2.43 bits per heavy atom. The SMILES string of the molecule is CC(=O)OCC1OC(O)[C@@H](NC(=O)c2ccccc2)[C@@H](O)C1O. The maximum atomic E-state index is 12.1. The molecule has 1 aliphatic heterocycles. The maximum absolute atomic E-state index is 12.1. The van der Waals surface area contributed by atoms with E-state index in [1.807, 2.05) is 0 Å². The summed E-state index contributed by atoms with van der Waals surface area (Å²) in [5, 5.41) is 32.4. The average Bonchev–Trinajstić information content (AvgIpc) is 2.54. The van der Waals surface area contributed by atoms with Crippen molar-refractivity contribution in [3.8, 4) is 0 Å². The van der Waals surface area contributed by atoms with Crippen molar-refractivity contribution in [3.63, 3.8) is 0 Å². The Bertz CT molecular complexity index is 550. The molecule has 8 nitrogen and oxygen atoms in total. The fourth-order valence-corrected chi connectivity index (χ4v) is 2.26. The van der Waals surface area contributed by atoms with Gasteiger partial charge in [-0.1, -0.05) is 18.2 Å². The summed E-state index contributed by atoms with van der Waals surface area (Å²) in [6.07, 6.45) is -5.55. The normalized spacial score (nSPS) is 30.5. The highest BCUT2D eigenvalue weighted by Gasteiger charge is 2.45. The lowest BCUT2D eigenvalue weighted by Crippen LogP contribution is -2.64. The first-order valence-electron chi connectivity index (χ1n) is 7.09. The lowest BCUT2D eigenvalue weighted by molar-refractivity contribution is -0.254. The molecule has 0 spiro atoms. The third kappa shape index (κ3) is 4.26. The van der Waals surface area contributed by atoms with Crippen LogP contribution in [-0.4, -0.2) is 64.4 Å². The zero-order valence-electron chi connectivity index (χ0n) is 12.5. The van der Waals surface area contributed by atoms with Gasteiger partial charge >= 0.3 is 5.97 Å². The Morgan fingerprint density at radius 2 is 1.83 bits per heavy atom. The molecule has 0 aromatic heterocycles. The second kappa shape index (κ2) is 7.51. The minimum atomic E-state index is -1.55. The number of amides is 1.